The third-order valence-corrected chi connectivity index (χ3v) is 7.15. The van der Waals surface area contributed by atoms with Gasteiger partial charge in [-0.1, -0.05) is 6.07 Å². The maximum Gasteiger partial charge on any atom is 0.338 e. The molecule has 1 saturated heterocycles. The highest BCUT2D eigenvalue weighted by atomic mass is 32.2. The lowest BCUT2D eigenvalue weighted by atomic mass is 10.2. The van der Waals surface area contributed by atoms with Gasteiger partial charge in [0.05, 0.1) is 10.5 Å². The van der Waals surface area contributed by atoms with Crippen LogP contribution in [0.15, 0.2) is 53.4 Å². The van der Waals surface area contributed by atoms with Crippen LogP contribution in [0.4, 0.5) is 14.9 Å². The second-order valence-electron chi connectivity index (χ2n) is 7.51. The first-order valence-electron chi connectivity index (χ1n) is 10.5. The summed E-state index contributed by atoms with van der Waals surface area (Å²) in [5.74, 6) is -2.07. The molecule has 10 nitrogen and oxygen atoms in total. The number of carbonyl (C=O) groups excluding carboxylic acids is 3. The van der Waals surface area contributed by atoms with Crippen LogP contribution >= 0.6 is 0 Å². The molecule has 0 saturated carbocycles. The highest BCUT2D eigenvalue weighted by Gasteiger charge is 2.29. The Morgan fingerprint density at radius 3 is 2.29 bits per heavy atom. The zero-order chi connectivity index (χ0) is 24.9. The van der Waals surface area contributed by atoms with Gasteiger partial charge < -0.3 is 15.0 Å². The maximum absolute atomic E-state index is 13.1. The summed E-state index contributed by atoms with van der Waals surface area (Å²) in [6.45, 7) is 2.56. The highest BCUT2D eigenvalue weighted by molar-refractivity contribution is 7.89. The number of hydrogen-bond donors (Lipinski definition) is 2. The molecule has 12 heteroatoms. The Balaban J connectivity index is 1.66. The van der Waals surface area contributed by atoms with Crippen LogP contribution in [-0.2, 0) is 19.6 Å². The second-order valence-corrected chi connectivity index (χ2v) is 9.45. The molecule has 1 heterocycles. The monoisotopic (exact) mass is 492 g/mol. The molecule has 0 radical (unpaired) electrons. The van der Waals surface area contributed by atoms with E-state index < -0.39 is 34.0 Å². The van der Waals surface area contributed by atoms with Crippen molar-refractivity contribution in [2.75, 3.05) is 38.1 Å². The first-order valence-corrected chi connectivity index (χ1v) is 11.9. The van der Waals surface area contributed by atoms with Crippen LogP contribution in [-0.4, -0.2) is 70.0 Å². The summed E-state index contributed by atoms with van der Waals surface area (Å²) < 4.78 is 45.8. The molecule has 0 aliphatic carbocycles. The summed E-state index contributed by atoms with van der Waals surface area (Å²) >= 11 is 0. The zero-order valence-electron chi connectivity index (χ0n) is 18.7. The molecule has 0 aromatic heterocycles. The largest absolute Gasteiger partial charge is 0.449 e. The second kappa shape index (κ2) is 10.6. The maximum atomic E-state index is 13.1. The summed E-state index contributed by atoms with van der Waals surface area (Å²) in [5.41, 5.74) is 0.753. The average molecular weight is 493 g/mol. The van der Waals surface area contributed by atoms with Crippen molar-refractivity contribution in [2.24, 2.45) is 0 Å². The van der Waals surface area contributed by atoms with Crippen molar-refractivity contribution in [3.05, 3.63) is 59.9 Å². The van der Waals surface area contributed by atoms with Crippen molar-refractivity contribution in [1.29, 1.82) is 0 Å². The number of ether oxygens (including phenoxy) is 1. The van der Waals surface area contributed by atoms with Gasteiger partial charge in [0.1, 0.15) is 5.82 Å². The summed E-state index contributed by atoms with van der Waals surface area (Å²) in [6, 6.07) is 10.6. The zero-order valence-corrected chi connectivity index (χ0v) is 19.5. The van der Waals surface area contributed by atoms with Crippen molar-refractivity contribution in [1.82, 2.24) is 14.9 Å². The molecule has 3 amide bonds. The molecule has 1 unspecified atom stereocenters. The molecule has 2 aromatic carbocycles. The van der Waals surface area contributed by atoms with E-state index in [1.165, 1.54) is 54.7 Å². The molecule has 2 N–H and O–H groups in total. The molecule has 1 aliphatic rings. The Labute approximate surface area is 196 Å². The van der Waals surface area contributed by atoms with E-state index >= 15 is 0 Å². The molecule has 0 spiro atoms. The number of nitrogens with one attached hydrogen (secondary N) is 2. The van der Waals surface area contributed by atoms with Gasteiger partial charge in [-0.3, -0.25) is 10.1 Å². The summed E-state index contributed by atoms with van der Waals surface area (Å²) in [7, 11) is -2.56. The lowest BCUT2D eigenvalue weighted by Crippen LogP contribution is -2.48. The fourth-order valence-electron chi connectivity index (χ4n) is 3.33. The van der Waals surface area contributed by atoms with Crippen LogP contribution in [0.1, 0.15) is 17.3 Å². The van der Waals surface area contributed by atoms with Crippen LogP contribution in [0.2, 0.25) is 0 Å². The number of esters is 1. The van der Waals surface area contributed by atoms with Crippen LogP contribution in [0.25, 0.3) is 0 Å². The highest BCUT2D eigenvalue weighted by Crippen LogP contribution is 2.22. The predicted molar refractivity (Wildman–Crippen MR) is 121 cm³/mol. The molecular formula is C22H25FN4O6S. The van der Waals surface area contributed by atoms with Gasteiger partial charge in [0.2, 0.25) is 10.0 Å². The van der Waals surface area contributed by atoms with Crippen molar-refractivity contribution in [2.45, 2.75) is 17.9 Å². The molecule has 34 heavy (non-hydrogen) atoms. The lowest BCUT2D eigenvalue weighted by Gasteiger charge is -2.35. The third kappa shape index (κ3) is 5.88. The van der Waals surface area contributed by atoms with Crippen molar-refractivity contribution >= 4 is 33.6 Å². The summed E-state index contributed by atoms with van der Waals surface area (Å²) in [4.78, 5) is 37.4. The summed E-state index contributed by atoms with van der Waals surface area (Å²) in [5, 5.41) is 4.20. The minimum absolute atomic E-state index is 0.0504. The number of halogens is 1. The number of nitrogens with zero attached hydrogens (tertiary/aromatic N) is 2. The fraction of sp³-hybridized carbons (Fsp3) is 0.318. The van der Waals surface area contributed by atoms with E-state index in [1.807, 2.05) is 10.2 Å². The standard InChI is InChI=1S/C22H25FN4O6S/c1-15(20(28)25-22(30)24-2)33-21(29)16-4-3-5-19(14-16)34(31,32)27-12-10-26(11-13-27)18-8-6-17(23)7-9-18/h3-9,14-15H,10-13H2,1-2H3,(H2,24,25,28,30). The summed E-state index contributed by atoms with van der Waals surface area (Å²) in [6.07, 6.45) is -1.27. The minimum atomic E-state index is -3.89. The van der Waals surface area contributed by atoms with Crippen molar-refractivity contribution < 1.29 is 31.9 Å². The van der Waals surface area contributed by atoms with E-state index in [4.69, 9.17) is 4.74 Å². The van der Waals surface area contributed by atoms with Crippen LogP contribution in [0, 0.1) is 5.82 Å². The van der Waals surface area contributed by atoms with Crippen molar-refractivity contribution in [3.8, 4) is 0 Å². The number of benzene rings is 2. The number of sulfonamides is 1. The van der Waals surface area contributed by atoms with E-state index in [0.29, 0.717) is 13.1 Å². The molecule has 182 valence electrons. The van der Waals surface area contributed by atoms with E-state index in [-0.39, 0.29) is 29.4 Å². The molecule has 1 aliphatic heterocycles. The number of urea groups is 1. The number of hydrogen-bond acceptors (Lipinski definition) is 7. The van der Waals surface area contributed by atoms with Crippen LogP contribution in [0.3, 0.4) is 0 Å². The Morgan fingerprint density at radius 2 is 1.68 bits per heavy atom. The van der Waals surface area contributed by atoms with E-state index in [0.717, 1.165) is 5.69 Å². The first kappa shape index (κ1) is 25.1. The number of amides is 3. The van der Waals surface area contributed by atoms with Gasteiger partial charge in [-0.2, -0.15) is 4.31 Å². The number of imide groups is 1. The smallest absolute Gasteiger partial charge is 0.338 e. The third-order valence-electron chi connectivity index (χ3n) is 5.25. The fourth-order valence-corrected chi connectivity index (χ4v) is 4.80. The van der Waals surface area contributed by atoms with E-state index in [2.05, 4.69) is 5.32 Å². The van der Waals surface area contributed by atoms with E-state index in [1.54, 1.807) is 12.1 Å². The number of carbonyl (C=O) groups is 3. The van der Waals surface area contributed by atoms with Gasteiger partial charge in [0, 0.05) is 38.9 Å². The SMILES string of the molecule is CNC(=O)NC(=O)C(C)OC(=O)c1cccc(S(=O)(=O)N2CCN(c3ccc(F)cc3)CC2)c1. The van der Waals surface area contributed by atoms with E-state index in [9.17, 15) is 27.2 Å². The van der Waals surface area contributed by atoms with Gasteiger partial charge in [0.25, 0.3) is 5.91 Å². The number of piperazine rings is 1. The molecule has 0 bridgehead atoms. The lowest BCUT2D eigenvalue weighted by molar-refractivity contribution is -0.127. The minimum Gasteiger partial charge on any atom is -0.449 e. The molecule has 1 fully saturated rings. The van der Waals surface area contributed by atoms with Crippen LogP contribution < -0.4 is 15.5 Å². The Hall–Kier alpha value is -3.51. The van der Waals surface area contributed by atoms with Gasteiger partial charge in [-0.05, 0) is 49.4 Å². The topological polar surface area (TPSA) is 125 Å². The Bertz CT molecular complexity index is 1160. The van der Waals surface area contributed by atoms with Gasteiger partial charge in [-0.25, -0.2) is 22.4 Å². The first-order chi connectivity index (χ1) is 16.1. The molecular weight excluding hydrogens is 467 g/mol. The average Bonchev–Trinajstić information content (AvgIpc) is 2.84. The van der Waals surface area contributed by atoms with Crippen molar-refractivity contribution in [3.63, 3.8) is 0 Å². The molecule has 2 aromatic rings. The Morgan fingerprint density at radius 1 is 1.03 bits per heavy atom. The van der Waals surface area contributed by atoms with Gasteiger partial charge in [0.15, 0.2) is 6.10 Å². The Kier molecular flexibility index (Phi) is 7.84. The molecule has 3 rings (SSSR count). The van der Waals surface area contributed by atoms with Gasteiger partial charge in [-0.15, -0.1) is 0 Å². The van der Waals surface area contributed by atoms with Crippen LogP contribution in [0.5, 0.6) is 0 Å². The predicted octanol–water partition coefficient (Wildman–Crippen LogP) is 1.34. The normalized spacial score (nSPS) is 15.3. The van der Waals surface area contributed by atoms with Gasteiger partial charge >= 0.3 is 12.0 Å². The molecule has 1 atom stereocenters. The quantitative estimate of drug-likeness (QED) is 0.583. The number of anilines is 1. The number of rotatable bonds is 6.